The van der Waals surface area contributed by atoms with E-state index < -0.39 is 11.9 Å². The molecule has 2 rings (SSSR count). The third-order valence-corrected chi connectivity index (χ3v) is 3.73. The van der Waals surface area contributed by atoms with Crippen LogP contribution in [0.1, 0.15) is 18.2 Å². The number of aromatic nitrogens is 1. The van der Waals surface area contributed by atoms with E-state index in [4.69, 9.17) is 4.74 Å². The lowest BCUT2D eigenvalue weighted by Gasteiger charge is -2.17. The summed E-state index contributed by atoms with van der Waals surface area (Å²) in [7, 11) is 0. The second-order valence-corrected chi connectivity index (χ2v) is 5.38. The number of hydrogen-bond donors (Lipinski definition) is 1. The van der Waals surface area contributed by atoms with Crippen molar-refractivity contribution in [3.05, 3.63) is 47.2 Å². The first-order valence-corrected chi connectivity index (χ1v) is 7.56. The van der Waals surface area contributed by atoms with Crippen LogP contribution in [0.3, 0.4) is 0 Å². The smallest absolute Gasteiger partial charge is 0.261 e. The van der Waals surface area contributed by atoms with Crippen molar-refractivity contribution in [1.29, 1.82) is 0 Å². The predicted octanol–water partition coefficient (Wildman–Crippen LogP) is 2.80. The number of benzene rings is 1. The number of amides is 1. The molecule has 2 aromatic rings. The van der Waals surface area contributed by atoms with E-state index in [9.17, 15) is 9.18 Å². The number of nitrogens with zero attached hydrogens (tertiary/aromatic N) is 1. The molecule has 0 bridgehead atoms. The molecule has 1 amide bonds. The second kappa shape index (κ2) is 7.73. The average molecular weight is 308 g/mol. The molecule has 1 unspecified atom stereocenters. The van der Waals surface area contributed by atoms with E-state index in [2.05, 4.69) is 9.69 Å². The maximum Gasteiger partial charge on any atom is 0.261 e. The number of nitrogens with one attached hydrogen (secondary N) is 1. The van der Waals surface area contributed by atoms with Crippen molar-refractivity contribution >= 4 is 17.4 Å². The number of carbonyl (C=O) groups excluding carboxylic acids is 1. The first-order valence-electron chi connectivity index (χ1n) is 6.79. The monoisotopic (exact) mass is 308 g/mol. The summed E-state index contributed by atoms with van der Waals surface area (Å²) in [5, 5.41) is 2.80. The zero-order valence-electron chi connectivity index (χ0n) is 11.7. The molecule has 0 radical (unpaired) electrons. The van der Waals surface area contributed by atoms with Gasteiger partial charge in [0.2, 0.25) is 0 Å². The van der Waals surface area contributed by atoms with E-state index >= 15 is 0 Å². The summed E-state index contributed by atoms with van der Waals surface area (Å²) in [5.41, 5.74) is 0. The van der Waals surface area contributed by atoms with Gasteiger partial charge in [0.1, 0.15) is 0 Å². The molecule has 1 atom stereocenters. The van der Waals surface area contributed by atoms with Crippen LogP contribution in [0.15, 0.2) is 36.5 Å². The summed E-state index contributed by atoms with van der Waals surface area (Å²) in [6.07, 6.45) is 2.24. The molecule has 1 N–H and O–H groups in total. The summed E-state index contributed by atoms with van der Waals surface area (Å²) in [4.78, 5) is 13.2. The molecule has 0 aliphatic carbocycles. The maximum atomic E-state index is 13.5. The van der Waals surface area contributed by atoms with E-state index in [0.717, 1.165) is 11.3 Å². The molecule has 0 spiro atoms. The Hall–Kier alpha value is -1.95. The lowest BCUT2D eigenvalue weighted by Crippen LogP contribution is -2.39. The molecule has 1 heterocycles. The number of rotatable bonds is 7. The Labute approximate surface area is 127 Å². The highest BCUT2D eigenvalue weighted by Crippen LogP contribution is 2.18. The Morgan fingerprint density at radius 2 is 2.24 bits per heavy atom. The van der Waals surface area contributed by atoms with Gasteiger partial charge >= 0.3 is 0 Å². The van der Waals surface area contributed by atoms with Crippen molar-refractivity contribution in [2.75, 3.05) is 6.54 Å². The minimum atomic E-state index is -0.691. The molecule has 6 heteroatoms. The molecular weight excluding hydrogens is 291 g/mol. The molecule has 0 aliphatic rings. The summed E-state index contributed by atoms with van der Waals surface area (Å²) in [5.74, 6) is -0.597. The first-order chi connectivity index (χ1) is 10.2. The van der Waals surface area contributed by atoms with Crippen molar-refractivity contribution < 1.29 is 13.9 Å². The van der Waals surface area contributed by atoms with E-state index in [1.807, 2.05) is 13.0 Å². The van der Waals surface area contributed by atoms with E-state index in [1.165, 1.54) is 23.7 Å². The van der Waals surface area contributed by atoms with Gasteiger partial charge in [-0.3, -0.25) is 4.79 Å². The van der Waals surface area contributed by atoms with Crippen LogP contribution >= 0.6 is 11.5 Å². The van der Waals surface area contributed by atoms with Gasteiger partial charge in [0.25, 0.3) is 5.91 Å². The van der Waals surface area contributed by atoms with Crippen molar-refractivity contribution in [2.45, 2.75) is 25.9 Å². The SMILES string of the molecule is CCC(Oc1ccccc1F)C(=O)NCCc1ccns1. The fraction of sp³-hybridized carbons (Fsp3) is 0.333. The van der Waals surface area contributed by atoms with Gasteiger partial charge in [-0.15, -0.1) is 0 Å². The highest BCUT2D eigenvalue weighted by Gasteiger charge is 2.19. The molecule has 1 aromatic carbocycles. The van der Waals surface area contributed by atoms with E-state index in [1.54, 1.807) is 18.3 Å². The molecule has 0 aliphatic heterocycles. The Balaban J connectivity index is 1.85. The zero-order valence-corrected chi connectivity index (χ0v) is 12.5. The number of ether oxygens (including phenoxy) is 1. The van der Waals surface area contributed by atoms with Gasteiger partial charge in [0.15, 0.2) is 17.7 Å². The Morgan fingerprint density at radius 3 is 2.90 bits per heavy atom. The zero-order chi connectivity index (χ0) is 15.1. The third kappa shape index (κ3) is 4.53. The maximum absolute atomic E-state index is 13.5. The summed E-state index contributed by atoms with van der Waals surface area (Å²) >= 11 is 1.41. The Morgan fingerprint density at radius 1 is 1.43 bits per heavy atom. The van der Waals surface area contributed by atoms with Gasteiger partial charge in [-0.2, -0.15) is 0 Å². The molecule has 21 heavy (non-hydrogen) atoms. The predicted molar refractivity (Wildman–Crippen MR) is 79.9 cm³/mol. The highest BCUT2D eigenvalue weighted by molar-refractivity contribution is 7.05. The average Bonchev–Trinajstić information content (AvgIpc) is 2.99. The normalized spacial score (nSPS) is 11.9. The molecule has 112 valence electrons. The van der Waals surface area contributed by atoms with Crippen LogP contribution in [0.25, 0.3) is 0 Å². The lowest BCUT2D eigenvalue weighted by molar-refractivity contribution is -0.128. The number of halogens is 1. The fourth-order valence-corrected chi connectivity index (χ4v) is 2.38. The quantitative estimate of drug-likeness (QED) is 0.855. The molecule has 0 saturated carbocycles. The van der Waals surface area contributed by atoms with Crippen molar-refractivity contribution in [2.24, 2.45) is 0 Å². The molecular formula is C15H17FN2O2S. The number of hydrogen-bond acceptors (Lipinski definition) is 4. The lowest BCUT2D eigenvalue weighted by atomic mass is 10.2. The van der Waals surface area contributed by atoms with E-state index in [0.29, 0.717) is 13.0 Å². The Kier molecular flexibility index (Phi) is 5.68. The topological polar surface area (TPSA) is 51.2 Å². The first kappa shape index (κ1) is 15.4. The van der Waals surface area contributed by atoms with Crippen LogP contribution in [0.5, 0.6) is 5.75 Å². The molecule has 4 nitrogen and oxygen atoms in total. The van der Waals surface area contributed by atoms with Crippen LogP contribution in [-0.4, -0.2) is 22.9 Å². The van der Waals surface area contributed by atoms with Crippen molar-refractivity contribution in [3.63, 3.8) is 0 Å². The van der Waals surface area contributed by atoms with Gasteiger partial charge in [-0.05, 0) is 36.2 Å². The van der Waals surface area contributed by atoms with Crippen LogP contribution in [0.4, 0.5) is 4.39 Å². The van der Waals surface area contributed by atoms with Crippen LogP contribution in [0, 0.1) is 5.82 Å². The summed E-state index contributed by atoms with van der Waals surface area (Å²) < 4.78 is 23.0. The largest absolute Gasteiger partial charge is 0.478 e. The Bertz CT molecular complexity index is 575. The molecule has 0 fully saturated rings. The third-order valence-electron chi connectivity index (χ3n) is 2.93. The van der Waals surface area contributed by atoms with Crippen molar-refractivity contribution in [3.8, 4) is 5.75 Å². The fourth-order valence-electron chi connectivity index (χ4n) is 1.81. The second-order valence-electron chi connectivity index (χ2n) is 4.46. The summed E-state index contributed by atoms with van der Waals surface area (Å²) in [6.45, 7) is 2.34. The van der Waals surface area contributed by atoms with Gasteiger partial charge < -0.3 is 10.1 Å². The summed E-state index contributed by atoms with van der Waals surface area (Å²) in [6, 6.07) is 8.00. The minimum absolute atomic E-state index is 0.0990. The standard InChI is InChI=1S/C15H17FN2O2S/c1-2-13(20-14-6-4-3-5-12(14)16)15(19)17-9-7-11-8-10-18-21-11/h3-6,8,10,13H,2,7,9H2,1H3,(H,17,19). The van der Waals surface area contributed by atoms with Gasteiger partial charge in [0.05, 0.1) is 0 Å². The molecule has 1 aromatic heterocycles. The minimum Gasteiger partial charge on any atom is -0.478 e. The van der Waals surface area contributed by atoms with Crippen molar-refractivity contribution in [1.82, 2.24) is 9.69 Å². The van der Waals surface area contributed by atoms with Gasteiger partial charge in [-0.25, -0.2) is 8.76 Å². The van der Waals surface area contributed by atoms with Gasteiger partial charge in [0, 0.05) is 24.0 Å². The molecule has 0 saturated heterocycles. The van der Waals surface area contributed by atoms with Crippen LogP contribution in [-0.2, 0) is 11.2 Å². The van der Waals surface area contributed by atoms with Crippen LogP contribution < -0.4 is 10.1 Å². The van der Waals surface area contributed by atoms with E-state index in [-0.39, 0.29) is 11.7 Å². The van der Waals surface area contributed by atoms with Gasteiger partial charge in [-0.1, -0.05) is 19.1 Å². The number of para-hydroxylation sites is 1. The number of carbonyl (C=O) groups is 1. The highest BCUT2D eigenvalue weighted by atomic mass is 32.1. The van der Waals surface area contributed by atoms with Crippen LogP contribution in [0.2, 0.25) is 0 Å².